The summed E-state index contributed by atoms with van der Waals surface area (Å²) in [6.07, 6.45) is 1.79. The maximum absolute atomic E-state index is 4.24. The summed E-state index contributed by atoms with van der Waals surface area (Å²) in [7, 11) is 1.96. The smallest absolute Gasteiger partial charge is 0.0955 e. The van der Waals surface area contributed by atoms with Gasteiger partial charge in [0.25, 0.3) is 0 Å². The van der Waals surface area contributed by atoms with E-state index in [9.17, 15) is 0 Å². The largest absolute Gasteiger partial charge is 0.334 e. The van der Waals surface area contributed by atoms with Crippen LogP contribution in [0.3, 0.4) is 0 Å². The second-order valence-electron chi connectivity index (χ2n) is 3.11. The van der Waals surface area contributed by atoms with E-state index in [-0.39, 0.29) is 0 Å². The molecule has 2 heteroatoms. The van der Waals surface area contributed by atoms with Crippen LogP contribution < -0.4 is 0 Å². The summed E-state index contributed by atoms with van der Waals surface area (Å²) in [5.41, 5.74) is 4.02. The number of hydrogen-bond acceptors (Lipinski definition) is 1. The number of nitrogens with zero attached hydrogens (tertiary/aromatic N) is 2. The number of imidazole rings is 1. The van der Waals surface area contributed by atoms with E-state index < -0.39 is 0 Å². The van der Waals surface area contributed by atoms with Gasteiger partial charge in [-0.25, -0.2) is 4.98 Å². The zero-order chi connectivity index (χ0) is 9.30. The maximum Gasteiger partial charge on any atom is 0.0955 e. The van der Waals surface area contributed by atoms with Crippen LogP contribution in [0.5, 0.6) is 0 Å². The third-order valence-electron chi connectivity index (χ3n) is 1.75. The minimum atomic E-state index is 0.949. The van der Waals surface area contributed by atoms with E-state index in [1.807, 2.05) is 25.5 Å². The molecule has 12 heavy (non-hydrogen) atoms. The average Bonchev–Trinajstić information content (AvgIpc) is 2.30. The lowest BCUT2D eigenvalue weighted by atomic mass is 10.1. The SMILES string of the molecule is C=C(C)c1ncn(C)c1C(=C)C. The van der Waals surface area contributed by atoms with Gasteiger partial charge in [-0.05, 0) is 25.0 Å². The molecule has 0 saturated carbocycles. The molecular formula is C10H14N2. The van der Waals surface area contributed by atoms with Crippen molar-refractivity contribution in [1.29, 1.82) is 0 Å². The molecule has 64 valence electrons. The molecule has 0 bridgehead atoms. The van der Waals surface area contributed by atoms with E-state index in [2.05, 4.69) is 18.1 Å². The summed E-state index contributed by atoms with van der Waals surface area (Å²) in [5, 5.41) is 0. The van der Waals surface area contributed by atoms with Crippen molar-refractivity contribution in [2.24, 2.45) is 7.05 Å². The molecule has 0 unspecified atom stereocenters. The maximum atomic E-state index is 4.24. The molecule has 0 spiro atoms. The van der Waals surface area contributed by atoms with E-state index in [1.54, 1.807) is 6.33 Å². The van der Waals surface area contributed by atoms with Crippen molar-refractivity contribution in [3.63, 3.8) is 0 Å². The van der Waals surface area contributed by atoms with Gasteiger partial charge in [-0.1, -0.05) is 13.2 Å². The highest BCUT2D eigenvalue weighted by molar-refractivity contribution is 5.72. The van der Waals surface area contributed by atoms with E-state index in [4.69, 9.17) is 0 Å². The van der Waals surface area contributed by atoms with E-state index >= 15 is 0 Å². The second kappa shape index (κ2) is 2.97. The van der Waals surface area contributed by atoms with Gasteiger partial charge >= 0.3 is 0 Å². The van der Waals surface area contributed by atoms with Crippen LogP contribution in [0.25, 0.3) is 11.1 Å². The van der Waals surface area contributed by atoms with Crippen molar-refractivity contribution in [2.45, 2.75) is 13.8 Å². The first-order chi connectivity index (χ1) is 5.54. The zero-order valence-electron chi connectivity index (χ0n) is 7.89. The Bertz CT molecular complexity index is 332. The first-order valence-electron chi connectivity index (χ1n) is 3.87. The molecular weight excluding hydrogens is 148 g/mol. The molecule has 0 atom stereocenters. The van der Waals surface area contributed by atoms with Crippen molar-refractivity contribution in [1.82, 2.24) is 9.55 Å². The summed E-state index contributed by atoms with van der Waals surface area (Å²) in [6.45, 7) is 11.7. The predicted molar refractivity (Wildman–Crippen MR) is 52.6 cm³/mol. The highest BCUT2D eigenvalue weighted by Crippen LogP contribution is 2.20. The van der Waals surface area contributed by atoms with Crippen LogP contribution in [-0.4, -0.2) is 9.55 Å². The van der Waals surface area contributed by atoms with E-state index in [0.29, 0.717) is 0 Å². The summed E-state index contributed by atoms with van der Waals surface area (Å²) in [6, 6.07) is 0. The van der Waals surface area contributed by atoms with Crippen LogP contribution in [0.1, 0.15) is 25.2 Å². The second-order valence-corrected chi connectivity index (χ2v) is 3.11. The van der Waals surface area contributed by atoms with Gasteiger partial charge in [0.1, 0.15) is 0 Å². The Kier molecular flexibility index (Phi) is 2.18. The van der Waals surface area contributed by atoms with Crippen molar-refractivity contribution in [2.75, 3.05) is 0 Å². The number of hydrogen-bond donors (Lipinski definition) is 0. The van der Waals surface area contributed by atoms with Crippen LogP contribution in [0, 0.1) is 0 Å². The Labute approximate surface area is 73.2 Å². The third-order valence-corrected chi connectivity index (χ3v) is 1.75. The first-order valence-corrected chi connectivity index (χ1v) is 3.87. The van der Waals surface area contributed by atoms with Gasteiger partial charge in [-0.2, -0.15) is 0 Å². The molecule has 0 saturated heterocycles. The van der Waals surface area contributed by atoms with Gasteiger partial charge in [-0.15, -0.1) is 0 Å². The van der Waals surface area contributed by atoms with Gasteiger partial charge < -0.3 is 4.57 Å². The van der Waals surface area contributed by atoms with Crippen LogP contribution in [0.2, 0.25) is 0 Å². The average molecular weight is 162 g/mol. The molecule has 1 heterocycles. The standard InChI is InChI=1S/C10H14N2/c1-7(2)9-10(8(3)4)12(5)6-11-9/h6H,1,3H2,2,4-5H3. The Morgan fingerprint density at radius 3 is 2.25 bits per heavy atom. The minimum absolute atomic E-state index is 0.949. The summed E-state index contributed by atoms with van der Waals surface area (Å²) in [5.74, 6) is 0. The Balaban J connectivity index is 3.31. The van der Waals surface area contributed by atoms with Gasteiger partial charge in [0.05, 0.1) is 17.7 Å². The fourth-order valence-electron chi connectivity index (χ4n) is 1.25. The normalized spacial score (nSPS) is 9.92. The van der Waals surface area contributed by atoms with Gasteiger partial charge in [0.15, 0.2) is 0 Å². The van der Waals surface area contributed by atoms with Crippen molar-refractivity contribution in [3.05, 3.63) is 30.9 Å². The molecule has 0 aliphatic carbocycles. The Hall–Kier alpha value is -1.31. The van der Waals surface area contributed by atoms with Gasteiger partial charge in [0.2, 0.25) is 0 Å². The Morgan fingerprint density at radius 1 is 1.33 bits per heavy atom. The van der Waals surface area contributed by atoms with Crippen LogP contribution in [0.4, 0.5) is 0 Å². The number of aryl methyl sites for hydroxylation is 1. The fraction of sp³-hybridized carbons (Fsp3) is 0.300. The third kappa shape index (κ3) is 1.33. The van der Waals surface area contributed by atoms with Gasteiger partial charge in [0, 0.05) is 7.05 Å². The molecule has 0 radical (unpaired) electrons. The zero-order valence-corrected chi connectivity index (χ0v) is 7.89. The first kappa shape index (κ1) is 8.78. The summed E-state index contributed by atoms with van der Waals surface area (Å²) >= 11 is 0. The molecule has 1 aromatic rings. The number of aromatic nitrogens is 2. The highest BCUT2D eigenvalue weighted by atomic mass is 15.0. The quantitative estimate of drug-likeness (QED) is 0.653. The molecule has 1 rings (SSSR count). The van der Waals surface area contributed by atoms with Crippen molar-refractivity contribution < 1.29 is 0 Å². The van der Waals surface area contributed by atoms with Gasteiger partial charge in [-0.3, -0.25) is 0 Å². The highest BCUT2D eigenvalue weighted by Gasteiger charge is 2.08. The lowest BCUT2D eigenvalue weighted by Gasteiger charge is -2.03. The minimum Gasteiger partial charge on any atom is -0.334 e. The molecule has 0 N–H and O–H groups in total. The monoisotopic (exact) mass is 162 g/mol. The Morgan fingerprint density at radius 2 is 1.92 bits per heavy atom. The number of allylic oxidation sites excluding steroid dienone is 2. The number of rotatable bonds is 2. The van der Waals surface area contributed by atoms with Crippen LogP contribution >= 0.6 is 0 Å². The predicted octanol–water partition coefficient (Wildman–Crippen LogP) is 2.49. The topological polar surface area (TPSA) is 17.8 Å². The van der Waals surface area contributed by atoms with E-state index in [0.717, 1.165) is 22.5 Å². The fourth-order valence-corrected chi connectivity index (χ4v) is 1.25. The van der Waals surface area contributed by atoms with Crippen LogP contribution in [0.15, 0.2) is 19.5 Å². The summed E-state index contributed by atoms with van der Waals surface area (Å²) in [4.78, 5) is 4.24. The van der Waals surface area contributed by atoms with Crippen molar-refractivity contribution in [3.8, 4) is 0 Å². The molecule has 0 fully saturated rings. The summed E-state index contributed by atoms with van der Waals surface area (Å²) < 4.78 is 1.96. The lowest BCUT2D eigenvalue weighted by Crippen LogP contribution is -1.94. The molecule has 2 nitrogen and oxygen atoms in total. The molecule has 0 aliphatic rings. The molecule has 0 amide bonds. The molecule has 0 aromatic carbocycles. The van der Waals surface area contributed by atoms with Crippen molar-refractivity contribution >= 4 is 11.1 Å². The molecule has 0 aliphatic heterocycles. The lowest BCUT2D eigenvalue weighted by molar-refractivity contribution is 0.896. The van der Waals surface area contributed by atoms with E-state index in [1.165, 1.54) is 0 Å². The molecule has 1 aromatic heterocycles. The van der Waals surface area contributed by atoms with Crippen LogP contribution in [-0.2, 0) is 7.05 Å².